The lowest BCUT2D eigenvalue weighted by atomic mass is 9.89. The van der Waals surface area contributed by atoms with E-state index in [1.54, 1.807) is 26.8 Å². The number of aliphatic hydroxyl groups is 11. The number of H-pyrrole nitrogens is 1. The van der Waals surface area contributed by atoms with Crippen molar-refractivity contribution in [1.82, 2.24) is 47.8 Å². The Morgan fingerprint density at radius 1 is 0.526 bits per heavy atom. The number of nitriles is 1. The summed E-state index contributed by atoms with van der Waals surface area (Å²) in [6.07, 6.45) is 11.1. The first-order valence-corrected chi connectivity index (χ1v) is 29.6. The zero-order chi connectivity index (χ0) is 72.4. The number of nitrogens with two attached hydrogens (primary N) is 4. The molecule has 5 saturated heterocycles. The molecule has 0 aliphatic carbocycles. The fourth-order valence-corrected chi connectivity index (χ4v) is 11.5. The van der Waals surface area contributed by atoms with Gasteiger partial charge in [0, 0.05) is 60.7 Å². The van der Waals surface area contributed by atoms with Crippen molar-refractivity contribution >= 4 is 23.3 Å². The molecular formula is C60H79N15O22. The molecule has 526 valence electrons. The van der Waals surface area contributed by atoms with Crippen LogP contribution in [0.1, 0.15) is 65.3 Å². The summed E-state index contributed by atoms with van der Waals surface area (Å²) in [4.78, 5) is 86.4. The lowest BCUT2D eigenvalue weighted by molar-refractivity contribution is -0.150. The Balaban J connectivity index is 0.000000192. The summed E-state index contributed by atoms with van der Waals surface area (Å²) in [5.74, 6) is 2.27. The molecule has 0 amide bonds. The zero-order valence-electron chi connectivity index (χ0n) is 52.8. The minimum absolute atomic E-state index is 0.0705. The van der Waals surface area contributed by atoms with Crippen LogP contribution in [0.15, 0.2) is 115 Å². The second-order valence-electron chi connectivity index (χ2n) is 23.2. The van der Waals surface area contributed by atoms with Crippen LogP contribution in [0.2, 0.25) is 0 Å². The van der Waals surface area contributed by atoms with E-state index in [4.69, 9.17) is 64.7 Å². The van der Waals surface area contributed by atoms with Gasteiger partial charge < -0.3 is 103 Å². The summed E-state index contributed by atoms with van der Waals surface area (Å²) < 4.78 is 33.5. The molecule has 97 heavy (non-hydrogen) atoms. The smallest absolute Gasteiger partial charge is 0.351 e. The molecule has 0 aromatic carbocycles. The topological polar surface area (TPSA) is 591 Å². The van der Waals surface area contributed by atoms with Crippen molar-refractivity contribution in [2.45, 2.75) is 124 Å². The molecule has 5 aliphatic rings. The molecule has 37 nitrogen and oxygen atoms in total. The van der Waals surface area contributed by atoms with Crippen LogP contribution in [0.5, 0.6) is 0 Å². The van der Waals surface area contributed by atoms with Crippen LogP contribution in [0.4, 0.5) is 23.3 Å². The maximum absolute atomic E-state index is 11.9. The second kappa shape index (κ2) is 31.4. The number of aromatic nitrogens is 10. The van der Waals surface area contributed by atoms with E-state index in [-0.39, 0.29) is 23.3 Å². The van der Waals surface area contributed by atoms with Crippen LogP contribution in [0, 0.1) is 65.6 Å². The van der Waals surface area contributed by atoms with E-state index in [9.17, 15) is 84.9 Å². The van der Waals surface area contributed by atoms with Crippen LogP contribution < -0.4 is 56.9 Å². The highest BCUT2D eigenvalue weighted by molar-refractivity contribution is 5.27. The molecule has 10 heterocycles. The highest BCUT2D eigenvalue weighted by Crippen LogP contribution is 2.45. The summed E-state index contributed by atoms with van der Waals surface area (Å²) >= 11 is 0. The number of nitrogen functional groups attached to an aromatic ring is 4. The van der Waals surface area contributed by atoms with Crippen LogP contribution in [0.3, 0.4) is 0 Å². The van der Waals surface area contributed by atoms with E-state index < -0.39 is 193 Å². The number of aliphatic hydroxyl groups excluding tert-OH is 11. The molecule has 19 atom stereocenters. The molecule has 0 spiro atoms. The normalized spacial score (nSPS) is 32.8. The molecule has 37 heteroatoms. The van der Waals surface area contributed by atoms with Gasteiger partial charge in [-0.1, -0.05) is 51.7 Å². The molecule has 5 aliphatic heterocycles. The first-order valence-electron chi connectivity index (χ1n) is 29.6. The van der Waals surface area contributed by atoms with Crippen molar-refractivity contribution in [2.75, 3.05) is 62.6 Å². The zero-order valence-corrected chi connectivity index (χ0v) is 52.8. The van der Waals surface area contributed by atoms with Crippen molar-refractivity contribution in [1.29, 1.82) is 5.26 Å². The highest BCUT2D eigenvalue weighted by atomic mass is 16.6. The predicted molar refractivity (Wildman–Crippen MR) is 338 cm³/mol. The largest absolute Gasteiger partial charge is 0.393 e. The Bertz CT molecular complexity index is 4100. The standard InChI is InChI=1S/C13H17N3O4.C13H14N2O5.C12H17N3O4.C11H14N4O4.C11H17N3O5/c1-3-8-10(18)13(4-2,7-17)20-11(8)16-6-5-9(14)15-12(16)19;1-3-8-10(18)13(4-2,7-16)20-11(8)15-6-5-9(17)14-12(15)19;1-3-12(6-16)9(17)7(2)10(19-12)15-5-4-8(13)14-11(15)18;1-6-8(17)11(4-12,5-16)19-9(6)15-3-2-7(13)14-10(15)18;1-6-8(17)11(4-15,5-16)19-9(6)14-3-2-7(12)13-10(14)18/h2,5-6,8,10-11,17-18H,3,7H2,1H3,(H2,14,15,19);2-3,5-6,8,10-11,16,18H,1,7H2,(H,14,17,19);3-5,7,9-10,16-17H,1,6H2,2H3,(H2,13,14,18);2-3,6,8-9,16-17H,5H2,1H3,(H2,13,14,18);2-3,6,8-9,15-17H,4-5H2,1H3,(H2,12,13,18)/t2*8-,10-,11+,13+;7-,9-,10+,12?;6-,8-,9+,11+;6-,8-,9+/m00000/s1. The van der Waals surface area contributed by atoms with E-state index in [0.29, 0.717) is 6.42 Å². The molecule has 5 aromatic rings. The number of terminal acetylenes is 2. The molecular weight excluding hydrogens is 1280 g/mol. The third-order valence-electron chi connectivity index (χ3n) is 17.4. The van der Waals surface area contributed by atoms with Gasteiger partial charge >= 0.3 is 28.4 Å². The van der Waals surface area contributed by atoms with Crippen LogP contribution >= 0.6 is 0 Å². The first-order chi connectivity index (χ1) is 45.8. The lowest BCUT2D eigenvalue weighted by Crippen LogP contribution is -2.47. The van der Waals surface area contributed by atoms with Crippen molar-refractivity contribution < 1.29 is 79.9 Å². The summed E-state index contributed by atoms with van der Waals surface area (Å²) in [6, 6.07) is 8.67. The molecule has 5 aromatic heterocycles. The number of anilines is 4. The lowest BCUT2D eigenvalue weighted by Gasteiger charge is -2.27. The number of aromatic amines is 1. The molecule has 0 bridgehead atoms. The number of hydrogen-bond acceptors (Lipinski definition) is 31. The maximum Gasteiger partial charge on any atom is 0.351 e. The van der Waals surface area contributed by atoms with E-state index in [1.807, 2.05) is 6.92 Å². The number of rotatable bonds is 14. The average Bonchev–Trinajstić information content (AvgIpc) is 1.66. The Morgan fingerprint density at radius 3 is 1.25 bits per heavy atom. The summed E-state index contributed by atoms with van der Waals surface area (Å²) in [7, 11) is 0. The fraction of sp³-hybridized carbons (Fsp3) is 0.517. The molecule has 1 unspecified atom stereocenters. The predicted octanol–water partition coefficient (Wildman–Crippen LogP) is -6.35. The molecule has 10 rings (SSSR count). The summed E-state index contributed by atoms with van der Waals surface area (Å²) in [5, 5.41) is 116. The van der Waals surface area contributed by atoms with E-state index in [1.165, 1.54) is 81.1 Å². The van der Waals surface area contributed by atoms with E-state index in [2.05, 4.69) is 49.9 Å². The summed E-state index contributed by atoms with van der Waals surface area (Å²) in [5.41, 5.74) is 10.4. The Morgan fingerprint density at radius 2 is 0.907 bits per heavy atom. The molecule has 0 saturated carbocycles. The van der Waals surface area contributed by atoms with E-state index in [0.717, 1.165) is 15.2 Å². The van der Waals surface area contributed by atoms with Crippen LogP contribution in [-0.4, -0.2) is 202 Å². The maximum atomic E-state index is 11.9. The van der Waals surface area contributed by atoms with Gasteiger partial charge in [-0.05, 0) is 30.7 Å². The van der Waals surface area contributed by atoms with Gasteiger partial charge in [0.2, 0.25) is 5.60 Å². The van der Waals surface area contributed by atoms with Gasteiger partial charge in [0.05, 0.1) is 57.8 Å². The SMILES string of the molecule is C#C[C@]1(CO)O[C@@H](n2ccc(=O)[nH]c2=O)[C@@H](C=C)[C@@H]1O.C#C[C@]1(CO)O[C@@H](n2ccc(N)nc2=O)[C@@H](CC)[C@@H]1O.C=CC1(CO)O[C@@H](n2ccc(N)nc2=O)[C@@H](C)[C@@H]1O.C[C@@H]1[C@H](n2ccc(N)nc2=O)OC(CO)(CO)[C@H]1O.C[C@@H]1[C@H](n2ccc(N)nc2=O)O[C@](C#N)(CO)[C@H]1O. The van der Waals surface area contributed by atoms with Crippen molar-refractivity contribution in [3.63, 3.8) is 0 Å². The average molecular weight is 1360 g/mol. The number of nitrogens with zero attached hydrogens (tertiary/aromatic N) is 10. The Kier molecular flexibility index (Phi) is 24.9. The molecule has 20 N–H and O–H groups in total. The number of ether oxygens (including phenoxy) is 5. The van der Waals surface area contributed by atoms with E-state index >= 15 is 0 Å². The fourth-order valence-electron chi connectivity index (χ4n) is 11.5. The van der Waals surface area contributed by atoms with Crippen LogP contribution in [-0.2, 0) is 23.7 Å². The van der Waals surface area contributed by atoms with Gasteiger partial charge in [0.15, 0.2) is 11.2 Å². The van der Waals surface area contributed by atoms with Gasteiger partial charge in [-0.2, -0.15) is 25.2 Å². The van der Waals surface area contributed by atoms with Crippen LogP contribution in [0.25, 0.3) is 0 Å². The monoisotopic (exact) mass is 1360 g/mol. The molecule has 5 fully saturated rings. The molecule has 0 radical (unpaired) electrons. The van der Waals surface area contributed by atoms with Gasteiger partial charge in [-0.15, -0.1) is 26.0 Å². The number of hydrogen-bond donors (Lipinski definition) is 16. The van der Waals surface area contributed by atoms with Gasteiger partial charge in [0.25, 0.3) is 5.56 Å². The quantitative estimate of drug-likeness (QED) is 0.0363. The Labute approximate surface area is 550 Å². The van der Waals surface area contributed by atoms with Crippen molar-refractivity contribution in [2.24, 2.45) is 29.6 Å². The second-order valence-corrected chi connectivity index (χ2v) is 23.2. The minimum atomic E-state index is -1.73. The van der Waals surface area contributed by atoms with Gasteiger partial charge in [0.1, 0.15) is 90.0 Å². The van der Waals surface area contributed by atoms with Crippen molar-refractivity contribution in [3.05, 3.63) is 149 Å². The first kappa shape index (κ1) is 76.9. The summed E-state index contributed by atoms with van der Waals surface area (Å²) in [6.45, 7) is 10.6. The Hall–Kier alpha value is -9.15. The number of nitrogens with one attached hydrogen (secondary N) is 1. The third kappa shape index (κ3) is 14.9. The third-order valence-corrected chi connectivity index (χ3v) is 17.4. The van der Waals surface area contributed by atoms with Gasteiger partial charge in [-0.3, -0.25) is 32.6 Å². The van der Waals surface area contributed by atoms with Gasteiger partial charge in [-0.25, -0.2) is 24.0 Å². The minimum Gasteiger partial charge on any atom is -0.393 e. The highest BCUT2D eigenvalue weighted by Gasteiger charge is 2.57. The van der Waals surface area contributed by atoms with Crippen molar-refractivity contribution in [3.8, 4) is 30.8 Å².